The Balaban J connectivity index is 0.000000284. The van der Waals surface area contributed by atoms with Crippen molar-refractivity contribution in [1.82, 2.24) is 9.97 Å². The van der Waals surface area contributed by atoms with Crippen LogP contribution in [0.5, 0.6) is 0 Å². The van der Waals surface area contributed by atoms with E-state index in [0.717, 1.165) is 23.3 Å². The van der Waals surface area contributed by atoms with E-state index in [1.165, 1.54) is 31.2 Å². The number of fused-ring (bicyclic) bond motifs is 1. The van der Waals surface area contributed by atoms with E-state index in [1.54, 1.807) is 0 Å². The van der Waals surface area contributed by atoms with Gasteiger partial charge in [-0.05, 0) is 23.1 Å². The third-order valence-electron chi connectivity index (χ3n) is 3.73. The molecule has 1 aliphatic carbocycles. The van der Waals surface area contributed by atoms with Gasteiger partial charge in [-0.1, -0.05) is 59.4 Å². The molecule has 1 N–H and O–H groups in total. The van der Waals surface area contributed by atoms with Gasteiger partial charge in [0.15, 0.2) is 0 Å². The second kappa shape index (κ2) is 5.77. The first-order valence-corrected chi connectivity index (χ1v) is 7.50. The second-order valence-electron chi connectivity index (χ2n) is 6.43. The fraction of sp³-hybridized carbons (Fsp3) is 0.588. The zero-order valence-electron chi connectivity index (χ0n) is 12.7. The normalized spacial score (nSPS) is 14.7. The van der Waals surface area contributed by atoms with E-state index in [0.29, 0.717) is 0 Å². The summed E-state index contributed by atoms with van der Waals surface area (Å²) in [4.78, 5) is 7.85. The molecule has 3 rings (SSSR count). The van der Waals surface area contributed by atoms with E-state index in [1.807, 2.05) is 0 Å². The van der Waals surface area contributed by atoms with E-state index in [-0.39, 0.29) is 5.41 Å². The molecule has 0 atom stereocenters. The summed E-state index contributed by atoms with van der Waals surface area (Å²) in [6.07, 6.45) is 6.96. The lowest BCUT2D eigenvalue weighted by molar-refractivity contribution is 0.504. The Labute approximate surface area is 116 Å². The molecule has 1 aliphatic rings. The van der Waals surface area contributed by atoms with Crippen LogP contribution < -0.4 is 0 Å². The lowest BCUT2D eigenvalue weighted by Crippen LogP contribution is -2.10. The third kappa shape index (κ3) is 3.59. The monoisotopic (exact) mass is 258 g/mol. The molecule has 2 heteroatoms. The van der Waals surface area contributed by atoms with Gasteiger partial charge < -0.3 is 4.98 Å². The van der Waals surface area contributed by atoms with Crippen LogP contribution >= 0.6 is 0 Å². The Morgan fingerprint density at radius 2 is 1.74 bits per heavy atom. The molecule has 0 saturated heterocycles. The highest BCUT2D eigenvalue weighted by molar-refractivity contribution is 5.76. The van der Waals surface area contributed by atoms with Crippen molar-refractivity contribution < 1.29 is 0 Å². The zero-order valence-corrected chi connectivity index (χ0v) is 12.7. The summed E-state index contributed by atoms with van der Waals surface area (Å²) >= 11 is 0. The predicted molar refractivity (Wildman–Crippen MR) is 82.6 cm³/mol. The number of nitrogens with zero attached hydrogens (tertiary/aromatic N) is 1. The minimum atomic E-state index is 0.200. The van der Waals surface area contributed by atoms with E-state index >= 15 is 0 Å². The van der Waals surface area contributed by atoms with Crippen LogP contribution in [0.25, 0.3) is 11.0 Å². The summed E-state index contributed by atoms with van der Waals surface area (Å²) < 4.78 is 0. The Morgan fingerprint density at radius 1 is 1.11 bits per heavy atom. The zero-order chi connectivity index (χ0) is 13.9. The number of rotatable bonds is 1. The van der Waals surface area contributed by atoms with Crippen LogP contribution in [0.1, 0.15) is 64.8 Å². The van der Waals surface area contributed by atoms with Gasteiger partial charge in [-0.2, -0.15) is 0 Å². The smallest absolute Gasteiger partial charge is 0.106 e. The molecule has 1 aromatic heterocycles. The van der Waals surface area contributed by atoms with Crippen molar-refractivity contribution in [3.63, 3.8) is 0 Å². The Morgan fingerprint density at radius 3 is 2.21 bits per heavy atom. The molecule has 1 aromatic carbocycles. The molecule has 0 aliphatic heterocycles. The quantitative estimate of drug-likeness (QED) is 0.767. The highest BCUT2D eigenvalue weighted by atomic mass is 14.9. The van der Waals surface area contributed by atoms with Crippen LogP contribution in [0.2, 0.25) is 0 Å². The third-order valence-corrected chi connectivity index (χ3v) is 3.73. The molecule has 1 heterocycles. The van der Waals surface area contributed by atoms with E-state index in [9.17, 15) is 0 Å². The molecule has 0 radical (unpaired) electrons. The SMILES string of the molecule is C1CCC1.CCc1nc2ccc(C(C)(C)C)cc2[nH]1. The Bertz CT molecular complexity index is 524. The van der Waals surface area contributed by atoms with Gasteiger partial charge in [0.05, 0.1) is 11.0 Å². The first-order valence-electron chi connectivity index (χ1n) is 7.50. The van der Waals surface area contributed by atoms with Crippen molar-refractivity contribution in [2.75, 3.05) is 0 Å². The number of benzene rings is 1. The largest absolute Gasteiger partial charge is 0.342 e. The standard InChI is InChI=1S/C13H18N2.C4H8/c1-5-12-14-10-7-6-9(13(2,3)4)8-11(10)15-12;1-2-4-3-1/h6-8H,5H2,1-4H3,(H,14,15);1-4H2. The van der Waals surface area contributed by atoms with Crippen molar-refractivity contribution in [1.29, 1.82) is 0 Å². The minimum Gasteiger partial charge on any atom is -0.342 e. The van der Waals surface area contributed by atoms with Gasteiger partial charge in [0.2, 0.25) is 0 Å². The van der Waals surface area contributed by atoms with Crippen molar-refractivity contribution in [2.45, 2.75) is 65.2 Å². The summed E-state index contributed by atoms with van der Waals surface area (Å²) in [6, 6.07) is 6.48. The number of imidazole rings is 1. The maximum atomic E-state index is 4.50. The van der Waals surface area contributed by atoms with E-state index in [4.69, 9.17) is 0 Å². The van der Waals surface area contributed by atoms with Gasteiger partial charge in [-0.3, -0.25) is 0 Å². The van der Waals surface area contributed by atoms with Gasteiger partial charge in [-0.25, -0.2) is 4.98 Å². The fourth-order valence-corrected chi connectivity index (χ4v) is 1.95. The summed E-state index contributed by atoms with van der Waals surface area (Å²) in [6.45, 7) is 8.80. The molecule has 0 amide bonds. The molecule has 0 unspecified atom stereocenters. The molecule has 104 valence electrons. The minimum absolute atomic E-state index is 0.200. The number of H-pyrrole nitrogens is 1. The summed E-state index contributed by atoms with van der Waals surface area (Å²) in [5.74, 6) is 1.07. The maximum Gasteiger partial charge on any atom is 0.106 e. The molecule has 1 saturated carbocycles. The van der Waals surface area contributed by atoms with Crippen LogP contribution in [0.3, 0.4) is 0 Å². The molecule has 0 bridgehead atoms. The average molecular weight is 258 g/mol. The van der Waals surface area contributed by atoms with E-state index < -0.39 is 0 Å². The molecule has 2 nitrogen and oxygen atoms in total. The molecule has 19 heavy (non-hydrogen) atoms. The lowest BCUT2D eigenvalue weighted by atomic mass is 9.87. The van der Waals surface area contributed by atoms with Crippen LogP contribution in [-0.2, 0) is 11.8 Å². The highest BCUT2D eigenvalue weighted by Crippen LogP contribution is 2.25. The van der Waals surface area contributed by atoms with E-state index in [2.05, 4.69) is 55.9 Å². The van der Waals surface area contributed by atoms with Crippen molar-refractivity contribution in [2.24, 2.45) is 0 Å². The number of hydrogen-bond donors (Lipinski definition) is 1. The summed E-state index contributed by atoms with van der Waals surface area (Å²) in [7, 11) is 0. The van der Waals surface area contributed by atoms with Crippen molar-refractivity contribution in [3.8, 4) is 0 Å². The van der Waals surface area contributed by atoms with Crippen LogP contribution in [-0.4, -0.2) is 9.97 Å². The lowest BCUT2D eigenvalue weighted by Gasteiger charge is -2.18. The van der Waals surface area contributed by atoms with Gasteiger partial charge in [0.1, 0.15) is 5.82 Å². The van der Waals surface area contributed by atoms with Gasteiger partial charge >= 0.3 is 0 Å². The van der Waals surface area contributed by atoms with Crippen molar-refractivity contribution in [3.05, 3.63) is 29.6 Å². The Hall–Kier alpha value is -1.31. The van der Waals surface area contributed by atoms with Crippen LogP contribution in [0.15, 0.2) is 18.2 Å². The molecule has 0 spiro atoms. The van der Waals surface area contributed by atoms with Crippen LogP contribution in [0.4, 0.5) is 0 Å². The predicted octanol–water partition coefficient (Wildman–Crippen LogP) is 4.98. The van der Waals surface area contributed by atoms with Gasteiger partial charge in [0, 0.05) is 6.42 Å². The van der Waals surface area contributed by atoms with Gasteiger partial charge in [-0.15, -0.1) is 0 Å². The Kier molecular flexibility index (Phi) is 4.28. The molecular formula is C17H26N2. The number of nitrogens with one attached hydrogen (secondary N) is 1. The fourth-order valence-electron chi connectivity index (χ4n) is 1.95. The second-order valence-corrected chi connectivity index (χ2v) is 6.43. The number of hydrogen-bond acceptors (Lipinski definition) is 1. The van der Waals surface area contributed by atoms with Crippen molar-refractivity contribution >= 4 is 11.0 Å². The number of aryl methyl sites for hydroxylation is 1. The van der Waals surface area contributed by atoms with Crippen LogP contribution in [0, 0.1) is 0 Å². The average Bonchev–Trinajstić information content (AvgIpc) is 2.66. The first kappa shape index (κ1) is 14.1. The topological polar surface area (TPSA) is 28.7 Å². The molecule has 2 aromatic rings. The first-order chi connectivity index (χ1) is 9.00. The summed E-state index contributed by atoms with van der Waals surface area (Å²) in [5.41, 5.74) is 3.77. The number of aromatic nitrogens is 2. The summed E-state index contributed by atoms with van der Waals surface area (Å²) in [5, 5.41) is 0. The molecular weight excluding hydrogens is 232 g/mol. The maximum absolute atomic E-state index is 4.50. The van der Waals surface area contributed by atoms with Gasteiger partial charge in [0.25, 0.3) is 0 Å². The molecule has 1 fully saturated rings. The highest BCUT2D eigenvalue weighted by Gasteiger charge is 2.14. The number of aromatic amines is 1.